The van der Waals surface area contributed by atoms with Crippen LogP contribution in [0.2, 0.25) is 0 Å². The van der Waals surface area contributed by atoms with E-state index < -0.39 is 0 Å². The molecule has 0 amide bonds. The molecular weight excluding hydrogens is 244 g/mol. The zero-order valence-electron chi connectivity index (χ0n) is 10.5. The van der Waals surface area contributed by atoms with Crippen molar-refractivity contribution in [3.05, 3.63) is 41.5 Å². The van der Waals surface area contributed by atoms with Gasteiger partial charge >= 0.3 is 0 Å². The predicted octanol–water partition coefficient (Wildman–Crippen LogP) is 2.70. The fraction of sp³-hybridized carbons (Fsp3) is 0.231. The molecule has 5 heteroatoms. The first-order chi connectivity index (χ1) is 8.67. The molecule has 1 heterocycles. The van der Waals surface area contributed by atoms with E-state index in [1.54, 1.807) is 6.07 Å². The third-order valence-electron chi connectivity index (χ3n) is 2.50. The average molecular weight is 260 g/mol. The number of anilines is 2. The molecule has 0 aliphatic heterocycles. The van der Waals surface area contributed by atoms with Crippen molar-refractivity contribution in [1.82, 2.24) is 9.97 Å². The van der Waals surface area contributed by atoms with Crippen molar-refractivity contribution in [1.29, 1.82) is 0 Å². The van der Waals surface area contributed by atoms with Crippen molar-refractivity contribution in [2.24, 2.45) is 0 Å². The van der Waals surface area contributed by atoms with Crippen LogP contribution in [0.25, 0.3) is 0 Å². The number of hydrogen-bond donors (Lipinski definition) is 2. The summed E-state index contributed by atoms with van der Waals surface area (Å²) in [5.74, 6) is 1.24. The van der Waals surface area contributed by atoms with E-state index in [1.807, 2.05) is 6.26 Å². The van der Waals surface area contributed by atoms with Crippen LogP contribution < -0.4 is 11.1 Å². The highest BCUT2D eigenvalue weighted by atomic mass is 32.2. The van der Waals surface area contributed by atoms with Gasteiger partial charge in [-0.15, -0.1) is 0 Å². The summed E-state index contributed by atoms with van der Waals surface area (Å²) < 4.78 is 0. The molecule has 2 rings (SSSR count). The number of aryl methyl sites for hydroxylation is 1. The molecule has 1 aromatic heterocycles. The smallest absolute Gasteiger partial charge is 0.191 e. The molecule has 18 heavy (non-hydrogen) atoms. The Labute approximate surface area is 111 Å². The lowest BCUT2D eigenvalue weighted by Crippen LogP contribution is -2.04. The molecule has 1 aromatic carbocycles. The van der Waals surface area contributed by atoms with Crippen molar-refractivity contribution in [2.75, 3.05) is 17.3 Å². The summed E-state index contributed by atoms with van der Waals surface area (Å²) in [5, 5.41) is 3.93. The van der Waals surface area contributed by atoms with Crippen LogP contribution >= 0.6 is 11.8 Å². The molecule has 0 saturated heterocycles. The van der Waals surface area contributed by atoms with E-state index in [0.29, 0.717) is 11.0 Å². The molecule has 4 nitrogen and oxygen atoms in total. The van der Waals surface area contributed by atoms with Gasteiger partial charge in [-0.1, -0.05) is 41.6 Å². The maximum Gasteiger partial charge on any atom is 0.191 e. The summed E-state index contributed by atoms with van der Waals surface area (Å²) in [6, 6.07) is 10.1. The normalized spacial score (nSPS) is 10.3. The molecule has 2 aromatic rings. The van der Waals surface area contributed by atoms with Gasteiger partial charge in [0.05, 0.1) is 0 Å². The van der Waals surface area contributed by atoms with Gasteiger partial charge in [-0.05, 0) is 18.7 Å². The summed E-state index contributed by atoms with van der Waals surface area (Å²) in [6.45, 7) is 2.80. The maximum absolute atomic E-state index is 5.72. The van der Waals surface area contributed by atoms with Gasteiger partial charge in [0.15, 0.2) is 5.16 Å². The first-order valence-corrected chi connectivity index (χ1v) is 6.88. The minimum absolute atomic E-state index is 0.487. The number of benzene rings is 1. The lowest BCUT2D eigenvalue weighted by Gasteiger charge is -2.07. The minimum atomic E-state index is 0.487. The van der Waals surface area contributed by atoms with Crippen molar-refractivity contribution < 1.29 is 0 Å². The van der Waals surface area contributed by atoms with Gasteiger partial charge in [0.2, 0.25) is 0 Å². The Bertz CT molecular complexity index is 525. The number of hydrogen-bond acceptors (Lipinski definition) is 5. The number of nitrogens with two attached hydrogens (primary N) is 1. The van der Waals surface area contributed by atoms with Crippen LogP contribution in [0.15, 0.2) is 35.5 Å². The first-order valence-electron chi connectivity index (χ1n) is 5.65. The largest absolute Gasteiger partial charge is 0.383 e. The van der Waals surface area contributed by atoms with Gasteiger partial charge in [-0.25, -0.2) is 9.97 Å². The highest BCUT2D eigenvalue weighted by Gasteiger charge is 2.01. The fourth-order valence-corrected chi connectivity index (χ4v) is 1.91. The van der Waals surface area contributed by atoms with E-state index in [-0.39, 0.29) is 0 Å². The van der Waals surface area contributed by atoms with Crippen LogP contribution in [-0.2, 0) is 6.54 Å². The van der Waals surface area contributed by atoms with Crippen LogP contribution in [-0.4, -0.2) is 16.2 Å². The predicted molar refractivity (Wildman–Crippen MR) is 76.7 cm³/mol. The van der Waals surface area contributed by atoms with Gasteiger partial charge in [0.25, 0.3) is 0 Å². The van der Waals surface area contributed by atoms with Crippen molar-refractivity contribution >= 4 is 23.4 Å². The zero-order chi connectivity index (χ0) is 13.0. The number of thioether (sulfide) groups is 1. The molecule has 0 spiro atoms. The van der Waals surface area contributed by atoms with E-state index >= 15 is 0 Å². The highest BCUT2D eigenvalue weighted by molar-refractivity contribution is 7.98. The Morgan fingerprint density at radius 3 is 2.61 bits per heavy atom. The average Bonchev–Trinajstić information content (AvgIpc) is 2.37. The van der Waals surface area contributed by atoms with E-state index in [4.69, 9.17) is 5.73 Å². The Kier molecular flexibility index (Phi) is 4.04. The molecule has 94 valence electrons. The Balaban J connectivity index is 2.05. The molecule has 0 radical (unpaired) electrons. The van der Waals surface area contributed by atoms with Crippen LogP contribution in [0.3, 0.4) is 0 Å². The lowest BCUT2D eigenvalue weighted by molar-refractivity contribution is 0.963. The minimum Gasteiger partial charge on any atom is -0.383 e. The molecule has 0 aliphatic rings. The summed E-state index contributed by atoms with van der Waals surface area (Å²) in [4.78, 5) is 8.45. The standard InChI is InChI=1S/C13H16N4S/c1-9-3-5-10(6-4-9)8-15-12-7-11(14)16-13(17-12)18-2/h3-7H,8H2,1-2H3,(H3,14,15,16,17). The summed E-state index contributed by atoms with van der Waals surface area (Å²) in [7, 11) is 0. The summed E-state index contributed by atoms with van der Waals surface area (Å²) >= 11 is 1.48. The van der Waals surface area contributed by atoms with Gasteiger partial charge in [0.1, 0.15) is 11.6 Å². The maximum atomic E-state index is 5.72. The van der Waals surface area contributed by atoms with Crippen molar-refractivity contribution in [3.8, 4) is 0 Å². The molecular formula is C13H16N4S. The molecule has 0 fully saturated rings. The van der Waals surface area contributed by atoms with Crippen LogP contribution in [0.1, 0.15) is 11.1 Å². The Morgan fingerprint density at radius 1 is 1.22 bits per heavy atom. The molecule has 0 aliphatic carbocycles. The molecule has 0 saturated carbocycles. The number of nitrogens with zero attached hydrogens (tertiary/aromatic N) is 2. The van der Waals surface area contributed by atoms with E-state index in [0.717, 1.165) is 12.4 Å². The second kappa shape index (κ2) is 5.73. The van der Waals surface area contributed by atoms with Crippen LogP contribution in [0, 0.1) is 6.92 Å². The topological polar surface area (TPSA) is 63.8 Å². The number of aromatic nitrogens is 2. The number of rotatable bonds is 4. The Hall–Kier alpha value is -1.75. The second-order valence-corrected chi connectivity index (χ2v) is 4.78. The SMILES string of the molecule is CSc1nc(N)cc(NCc2ccc(C)cc2)n1. The van der Waals surface area contributed by atoms with E-state index in [9.17, 15) is 0 Å². The van der Waals surface area contributed by atoms with E-state index in [1.165, 1.54) is 22.9 Å². The summed E-state index contributed by atoms with van der Waals surface area (Å²) in [5.41, 5.74) is 8.19. The van der Waals surface area contributed by atoms with Crippen molar-refractivity contribution in [2.45, 2.75) is 18.6 Å². The third-order valence-corrected chi connectivity index (χ3v) is 3.05. The van der Waals surface area contributed by atoms with Crippen molar-refractivity contribution in [3.63, 3.8) is 0 Å². The van der Waals surface area contributed by atoms with Crippen LogP contribution in [0.4, 0.5) is 11.6 Å². The lowest BCUT2D eigenvalue weighted by atomic mass is 10.1. The molecule has 0 atom stereocenters. The Morgan fingerprint density at radius 2 is 1.94 bits per heavy atom. The van der Waals surface area contributed by atoms with Gasteiger partial charge in [0, 0.05) is 12.6 Å². The molecule has 3 N–H and O–H groups in total. The quantitative estimate of drug-likeness (QED) is 0.653. The number of nitrogen functional groups attached to an aromatic ring is 1. The zero-order valence-corrected chi connectivity index (χ0v) is 11.3. The van der Waals surface area contributed by atoms with Crippen LogP contribution in [0.5, 0.6) is 0 Å². The summed E-state index contributed by atoms with van der Waals surface area (Å²) in [6.07, 6.45) is 1.93. The van der Waals surface area contributed by atoms with Gasteiger partial charge < -0.3 is 11.1 Å². The van der Waals surface area contributed by atoms with Gasteiger partial charge in [-0.3, -0.25) is 0 Å². The fourth-order valence-electron chi connectivity index (χ4n) is 1.52. The molecule has 0 unspecified atom stereocenters. The molecule has 0 bridgehead atoms. The van der Waals surface area contributed by atoms with E-state index in [2.05, 4.69) is 46.5 Å². The monoisotopic (exact) mass is 260 g/mol. The number of nitrogens with one attached hydrogen (secondary N) is 1. The van der Waals surface area contributed by atoms with Gasteiger partial charge in [-0.2, -0.15) is 0 Å². The third kappa shape index (κ3) is 3.37. The first kappa shape index (κ1) is 12.7. The second-order valence-electron chi connectivity index (χ2n) is 4.00. The highest BCUT2D eigenvalue weighted by Crippen LogP contribution is 2.16.